The quantitative estimate of drug-likeness (QED) is 0.445. The Labute approximate surface area is 192 Å². The molecule has 1 heterocycles. The zero-order valence-electron chi connectivity index (χ0n) is 18.4. The lowest BCUT2D eigenvalue weighted by Gasteiger charge is -2.08. The summed E-state index contributed by atoms with van der Waals surface area (Å²) in [5, 5.41) is 10.4. The number of ether oxygens (including phenoxy) is 1. The molecule has 4 rings (SSSR count). The van der Waals surface area contributed by atoms with Gasteiger partial charge in [0.25, 0.3) is 5.91 Å². The molecule has 7 nitrogen and oxygen atoms in total. The van der Waals surface area contributed by atoms with E-state index in [1.165, 1.54) is 6.92 Å². The molecule has 7 heteroatoms. The normalized spacial score (nSPS) is 10.5. The topological polar surface area (TPSA) is 85.2 Å². The number of benzene rings is 3. The Kier molecular flexibility index (Phi) is 6.50. The van der Waals surface area contributed by atoms with Crippen LogP contribution in [-0.2, 0) is 11.3 Å². The van der Waals surface area contributed by atoms with Crippen LogP contribution in [0.3, 0.4) is 0 Å². The average molecular weight is 441 g/mol. The largest absolute Gasteiger partial charge is 0.497 e. The van der Waals surface area contributed by atoms with Gasteiger partial charge < -0.3 is 15.4 Å². The van der Waals surface area contributed by atoms with Crippen molar-refractivity contribution < 1.29 is 14.3 Å². The van der Waals surface area contributed by atoms with Crippen LogP contribution in [0.2, 0.25) is 0 Å². The zero-order valence-corrected chi connectivity index (χ0v) is 18.4. The van der Waals surface area contributed by atoms with Gasteiger partial charge in [-0.05, 0) is 54.1 Å². The van der Waals surface area contributed by atoms with Crippen molar-refractivity contribution in [1.82, 2.24) is 15.1 Å². The number of carbonyl (C=O) groups is 2. The third kappa shape index (κ3) is 5.27. The summed E-state index contributed by atoms with van der Waals surface area (Å²) >= 11 is 0. The Morgan fingerprint density at radius 3 is 2.42 bits per heavy atom. The minimum atomic E-state index is -0.243. The molecule has 0 spiro atoms. The molecule has 0 radical (unpaired) electrons. The van der Waals surface area contributed by atoms with Crippen molar-refractivity contribution in [1.29, 1.82) is 0 Å². The van der Waals surface area contributed by atoms with Gasteiger partial charge in [0, 0.05) is 30.9 Å². The molecule has 3 aromatic carbocycles. The highest BCUT2D eigenvalue weighted by Crippen LogP contribution is 2.26. The highest BCUT2D eigenvalue weighted by molar-refractivity contribution is 6.00. The van der Waals surface area contributed by atoms with E-state index in [-0.39, 0.29) is 11.8 Å². The number of amides is 2. The number of anilines is 1. The van der Waals surface area contributed by atoms with Crippen molar-refractivity contribution in [2.75, 3.05) is 12.4 Å². The van der Waals surface area contributed by atoms with Gasteiger partial charge in [-0.25, -0.2) is 4.68 Å². The van der Waals surface area contributed by atoms with Crippen LogP contribution in [0.5, 0.6) is 5.75 Å². The molecule has 0 bridgehead atoms. The van der Waals surface area contributed by atoms with E-state index in [4.69, 9.17) is 9.84 Å². The lowest BCUT2D eigenvalue weighted by molar-refractivity contribution is -0.114. The van der Waals surface area contributed by atoms with E-state index < -0.39 is 0 Å². The fraction of sp³-hybridized carbons (Fsp3) is 0.115. The number of methoxy groups -OCH3 is 1. The Balaban J connectivity index is 1.61. The molecule has 0 saturated carbocycles. The molecule has 0 saturated heterocycles. The summed E-state index contributed by atoms with van der Waals surface area (Å²) in [6, 6.07) is 24.4. The van der Waals surface area contributed by atoms with Crippen LogP contribution in [0.15, 0.2) is 85.1 Å². The smallest absolute Gasteiger partial charge is 0.255 e. The number of aromatic nitrogens is 2. The SMILES string of the molecule is COc1ccc(-c2nn(-c3ccccc3)cc2C(=O)NCc2cccc(NC(C)=O)c2)cc1. The molecule has 0 atom stereocenters. The van der Waals surface area contributed by atoms with E-state index in [2.05, 4.69) is 10.6 Å². The Morgan fingerprint density at radius 1 is 0.970 bits per heavy atom. The second-order valence-electron chi connectivity index (χ2n) is 7.46. The van der Waals surface area contributed by atoms with Crippen molar-refractivity contribution in [3.63, 3.8) is 0 Å². The fourth-order valence-electron chi connectivity index (χ4n) is 3.46. The summed E-state index contributed by atoms with van der Waals surface area (Å²) in [5.41, 5.74) is 4.26. The van der Waals surface area contributed by atoms with Gasteiger partial charge in [0.2, 0.25) is 5.91 Å². The van der Waals surface area contributed by atoms with Crippen LogP contribution < -0.4 is 15.4 Å². The minimum absolute atomic E-state index is 0.145. The molecule has 0 aliphatic carbocycles. The minimum Gasteiger partial charge on any atom is -0.497 e. The third-order valence-corrected chi connectivity index (χ3v) is 5.04. The maximum absolute atomic E-state index is 13.2. The highest BCUT2D eigenvalue weighted by atomic mass is 16.5. The summed E-state index contributed by atoms with van der Waals surface area (Å²) in [6.07, 6.45) is 1.73. The van der Waals surface area contributed by atoms with Crippen molar-refractivity contribution in [3.8, 4) is 22.7 Å². The first-order valence-electron chi connectivity index (χ1n) is 10.5. The first-order valence-corrected chi connectivity index (χ1v) is 10.5. The van der Waals surface area contributed by atoms with Crippen molar-refractivity contribution in [2.45, 2.75) is 13.5 Å². The Bertz CT molecular complexity index is 1260. The van der Waals surface area contributed by atoms with Crippen LogP contribution in [0, 0.1) is 0 Å². The van der Waals surface area contributed by atoms with Crippen molar-refractivity contribution in [2.24, 2.45) is 0 Å². The van der Waals surface area contributed by atoms with Gasteiger partial charge in [-0.1, -0.05) is 30.3 Å². The van der Waals surface area contributed by atoms with Crippen LogP contribution in [0.1, 0.15) is 22.8 Å². The van der Waals surface area contributed by atoms with Gasteiger partial charge in [-0.2, -0.15) is 5.10 Å². The van der Waals surface area contributed by atoms with Gasteiger partial charge in [0.1, 0.15) is 11.4 Å². The molecule has 0 fully saturated rings. The zero-order chi connectivity index (χ0) is 23.2. The van der Waals surface area contributed by atoms with Crippen LogP contribution >= 0.6 is 0 Å². The number of carbonyl (C=O) groups excluding carboxylic acids is 2. The van der Waals surface area contributed by atoms with E-state index >= 15 is 0 Å². The predicted octanol–water partition coefficient (Wildman–Crippen LogP) is 4.44. The van der Waals surface area contributed by atoms with Crippen LogP contribution in [0.25, 0.3) is 16.9 Å². The van der Waals surface area contributed by atoms with E-state index in [0.717, 1.165) is 22.6 Å². The molecule has 33 heavy (non-hydrogen) atoms. The standard InChI is InChI=1S/C26H24N4O3/c1-18(31)28-21-8-6-7-19(15-21)16-27-26(32)24-17-30(22-9-4-3-5-10-22)29-25(24)20-11-13-23(33-2)14-12-20/h3-15,17H,16H2,1-2H3,(H,27,32)(H,28,31). The molecule has 0 aliphatic rings. The molecule has 2 N–H and O–H groups in total. The second-order valence-corrected chi connectivity index (χ2v) is 7.46. The number of nitrogens with zero attached hydrogens (tertiary/aromatic N) is 2. The predicted molar refractivity (Wildman–Crippen MR) is 127 cm³/mol. The Hall–Kier alpha value is -4.39. The van der Waals surface area contributed by atoms with E-state index in [9.17, 15) is 9.59 Å². The number of nitrogens with one attached hydrogen (secondary N) is 2. The highest BCUT2D eigenvalue weighted by Gasteiger charge is 2.19. The summed E-state index contributed by atoms with van der Waals surface area (Å²) in [7, 11) is 1.61. The third-order valence-electron chi connectivity index (χ3n) is 5.04. The number of hydrogen-bond donors (Lipinski definition) is 2. The maximum atomic E-state index is 13.2. The number of para-hydroxylation sites is 1. The molecule has 0 unspecified atom stereocenters. The molecular formula is C26H24N4O3. The monoisotopic (exact) mass is 440 g/mol. The molecule has 166 valence electrons. The van der Waals surface area contributed by atoms with E-state index in [1.54, 1.807) is 24.1 Å². The number of hydrogen-bond acceptors (Lipinski definition) is 4. The molecular weight excluding hydrogens is 416 g/mol. The van der Waals surface area contributed by atoms with Gasteiger partial charge >= 0.3 is 0 Å². The lowest BCUT2D eigenvalue weighted by atomic mass is 10.1. The summed E-state index contributed by atoms with van der Waals surface area (Å²) in [6.45, 7) is 1.77. The van der Waals surface area contributed by atoms with E-state index in [1.807, 2.05) is 72.8 Å². The molecule has 0 aliphatic heterocycles. The van der Waals surface area contributed by atoms with Crippen LogP contribution in [0.4, 0.5) is 5.69 Å². The molecule has 4 aromatic rings. The second kappa shape index (κ2) is 9.82. The van der Waals surface area contributed by atoms with Crippen LogP contribution in [-0.4, -0.2) is 28.7 Å². The maximum Gasteiger partial charge on any atom is 0.255 e. The lowest BCUT2D eigenvalue weighted by Crippen LogP contribution is -2.23. The average Bonchev–Trinajstić information content (AvgIpc) is 3.29. The van der Waals surface area contributed by atoms with Gasteiger partial charge in [0.05, 0.1) is 18.4 Å². The summed E-state index contributed by atoms with van der Waals surface area (Å²) in [5.74, 6) is 0.341. The van der Waals surface area contributed by atoms with Crippen molar-refractivity contribution >= 4 is 17.5 Å². The van der Waals surface area contributed by atoms with Gasteiger partial charge in [0.15, 0.2) is 0 Å². The van der Waals surface area contributed by atoms with Gasteiger partial charge in [-0.15, -0.1) is 0 Å². The molecule has 2 amide bonds. The summed E-state index contributed by atoms with van der Waals surface area (Å²) < 4.78 is 6.95. The van der Waals surface area contributed by atoms with E-state index in [0.29, 0.717) is 23.5 Å². The van der Waals surface area contributed by atoms with Gasteiger partial charge in [-0.3, -0.25) is 9.59 Å². The van der Waals surface area contributed by atoms with Crippen molar-refractivity contribution in [3.05, 3.63) is 96.2 Å². The fourth-order valence-corrected chi connectivity index (χ4v) is 3.46. The molecule has 1 aromatic heterocycles. The first kappa shape index (κ1) is 21.8. The summed E-state index contributed by atoms with van der Waals surface area (Å²) in [4.78, 5) is 24.5. The Morgan fingerprint density at radius 2 is 1.73 bits per heavy atom. The first-order chi connectivity index (χ1) is 16.0. The number of rotatable bonds is 7.